The maximum absolute atomic E-state index is 13.2. The van der Waals surface area contributed by atoms with Crippen molar-refractivity contribution in [1.82, 2.24) is 5.32 Å². The van der Waals surface area contributed by atoms with Crippen molar-refractivity contribution in [2.45, 2.75) is 70.3 Å². The third kappa shape index (κ3) is 4.48. The Labute approximate surface area is 176 Å². The Morgan fingerprint density at radius 3 is 2.30 bits per heavy atom. The van der Waals surface area contributed by atoms with Crippen LogP contribution >= 0.6 is 0 Å². The summed E-state index contributed by atoms with van der Waals surface area (Å²) < 4.78 is 45.7. The van der Waals surface area contributed by atoms with Crippen LogP contribution in [0.2, 0.25) is 0 Å². The highest BCUT2D eigenvalue weighted by Crippen LogP contribution is 2.52. The first kappa shape index (κ1) is 22.6. The van der Waals surface area contributed by atoms with E-state index in [0.717, 1.165) is 11.1 Å². The molecule has 164 valence electrons. The molecule has 2 unspecified atom stereocenters. The lowest BCUT2D eigenvalue weighted by molar-refractivity contribution is -0.153. The Bertz CT molecular complexity index is 848. The molecule has 1 amide bonds. The fraction of sp³-hybridized carbons (Fsp3) is 0.542. The van der Waals surface area contributed by atoms with E-state index >= 15 is 0 Å². The smallest absolute Gasteiger partial charge is 0.365 e. The lowest BCUT2D eigenvalue weighted by Crippen LogP contribution is -2.39. The molecule has 1 fully saturated rings. The summed E-state index contributed by atoms with van der Waals surface area (Å²) in [6.45, 7) is 12.7. The molecule has 1 aromatic rings. The number of benzene rings is 1. The van der Waals surface area contributed by atoms with Crippen LogP contribution < -0.4 is 5.32 Å². The Morgan fingerprint density at radius 1 is 1.20 bits per heavy atom. The van der Waals surface area contributed by atoms with Gasteiger partial charge in [0, 0.05) is 18.4 Å². The first-order valence-corrected chi connectivity index (χ1v) is 10.3. The average molecular weight is 422 g/mol. The van der Waals surface area contributed by atoms with E-state index < -0.39 is 11.6 Å². The SMILES string of the molecule is C=C(Cc1ccc(C2(C(F)(F)F)C=C2)cc1)CC1(C)OC1C(C)(C)CNC(=O)CC. The van der Waals surface area contributed by atoms with Gasteiger partial charge in [0.15, 0.2) is 0 Å². The van der Waals surface area contributed by atoms with Crippen molar-refractivity contribution < 1.29 is 22.7 Å². The van der Waals surface area contributed by atoms with E-state index in [9.17, 15) is 18.0 Å². The molecule has 1 N–H and O–H groups in total. The fourth-order valence-corrected chi connectivity index (χ4v) is 4.27. The molecule has 0 radical (unpaired) electrons. The Kier molecular flexibility index (Phi) is 5.69. The molecule has 3 nitrogen and oxygen atoms in total. The predicted molar refractivity (Wildman–Crippen MR) is 111 cm³/mol. The zero-order valence-electron chi connectivity index (χ0n) is 18.0. The van der Waals surface area contributed by atoms with Crippen molar-refractivity contribution in [3.8, 4) is 0 Å². The van der Waals surface area contributed by atoms with Gasteiger partial charge in [0.25, 0.3) is 0 Å². The van der Waals surface area contributed by atoms with Crippen molar-refractivity contribution in [3.05, 3.63) is 59.7 Å². The molecule has 3 rings (SSSR count). The maximum Gasteiger partial charge on any atom is 0.405 e. The Balaban J connectivity index is 1.54. The zero-order chi connectivity index (χ0) is 22.4. The van der Waals surface area contributed by atoms with Gasteiger partial charge in [-0.15, -0.1) is 0 Å². The van der Waals surface area contributed by atoms with Gasteiger partial charge >= 0.3 is 6.18 Å². The number of rotatable bonds is 9. The van der Waals surface area contributed by atoms with Gasteiger partial charge in [-0.2, -0.15) is 13.2 Å². The van der Waals surface area contributed by atoms with E-state index in [1.165, 1.54) is 12.2 Å². The van der Waals surface area contributed by atoms with E-state index in [0.29, 0.717) is 25.8 Å². The molecule has 2 atom stereocenters. The third-order valence-electron chi connectivity index (χ3n) is 6.11. The highest BCUT2D eigenvalue weighted by atomic mass is 19.4. The monoisotopic (exact) mass is 421 g/mol. The normalized spacial score (nSPS) is 24.4. The molecule has 2 aliphatic rings. The summed E-state index contributed by atoms with van der Waals surface area (Å²) in [6, 6.07) is 6.58. The van der Waals surface area contributed by atoms with Crippen LogP contribution in [0.25, 0.3) is 0 Å². The predicted octanol–water partition coefficient (Wildman–Crippen LogP) is 5.26. The van der Waals surface area contributed by atoms with Crippen LogP contribution in [0.1, 0.15) is 51.7 Å². The summed E-state index contributed by atoms with van der Waals surface area (Å²) in [7, 11) is 0. The van der Waals surface area contributed by atoms with Crippen molar-refractivity contribution in [2.24, 2.45) is 5.41 Å². The molecule has 0 aromatic heterocycles. The second-order valence-corrected chi connectivity index (χ2v) is 9.43. The number of hydrogen-bond acceptors (Lipinski definition) is 2. The number of ether oxygens (including phenoxy) is 1. The largest absolute Gasteiger partial charge is 0.405 e. The second kappa shape index (κ2) is 7.56. The van der Waals surface area contributed by atoms with Crippen LogP contribution in [0.5, 0.6) is 0 Å². The molecule has 1 heterocycles. The van der Waals surface area contributed by atoms with Crippen LogP contribution in [0.4, 0.5) is 13.2 Å². The molecular weight excluding hydrogens is 391 g/mol. The van der Waals surface area contributed by atoms with Crippen LogP contribution in [0.15, 0.2) is 48.6 Å². The summed E-state index contributed by atoms with van der Waals surface area (Å²) in [5, 5.41) is 2.93. The minimum Gasteiger partial charge on any atom is -0.365 e. The molecule has 6 heteroatoms. The van der Waals surface area contributed by atoms with Crippen LogP contribution in [0.3, 0.4) is 0 Å². The molecule has 0 spiro atoms. The Morgan fingerprint density at radius 2 is 1.80 bits per heavy atom. The molecule has 1 aliphatic carbocycles. The standard InChI is InChI=1S/C24H30F3NO2/c1-6-19(29)28-15-21(3,4)20-22(5,30-20)14-16(2)13-17-7-9-18(10-8-17)23(11-12-23)24(25,26)27/h7-12,20H,2,6,13-15H2,1,3-5H3,(H,28,29). The number of epoxide rings is 1. The maximum atomic E-state index is 13.2. The van der Waals surface area contributed by atoms with Gasteiger partial charge in [0.1, 0.15) is 5.41 Å². The van der Waals surface area contributed by atoms with Crippen molar-refractivity contribution in [3.63, 3.8) is 0 Å². The van der Waals surface area contributed by atoms with Gasteiger partial charge < -0.3 is 10.1 Å². The van der Waals surface area contributed by atoms with Gasteiger partial charge in [0.05, 0.1) is 11.7 Å². The molecule has 1 aromatic carbocycles. The number of amides is 1. The number of alkyl halides is 3. The summed E-state index contributed by atoms with van der Waals surface area (Å²) in [5.41, 5.74) is -0.282. The first-order valence-electron chi connectivity index (χ1n) is 10.3. The fourth-order valence-electron chi connectivity index (χ4n) is 4.27. The second-order valence-electron chi connectivity index (χ2n) is 9.43. The molecule has 0 saturated carbocycles. The van der Waals surface area contributed by atoms with Crippen LogP contribution in [-0.2, 0) is 21.4 Å². The van der Waals surface area contributed by atoms with E-state index in [-0.39, 0.29) is 28.6 Å². The number of carbonyl (C=O) groups is 1. The van der Waals surface area contributed by atoms with E-state index in [1.54, 1.807) is 24.3 Å². The molecular formula is C24H30F3NO2. The molecule has 1 saturated heterocycles. The molecule has 30 heavy (non-hydrogen) atoms. The lowest BCUT2D eigenvalue weighted by Gasteiger charge is -2.24. The van der Waals surface area contributed by atoms with Gasteiger partial charge in [-0.25, -0.2) is 0 Å². The van der Waals surface area contributed by atoms with E-state index in [2.05, 4.69) is 25.7 Å². The first-order chi connectivity index (χ1) is 13.8. The molecule has 0 bridgehead atoms. The van der Waals surface area contributed by atoms with Crippen LogP contribution in [0, 0.1) is 5.41 Å². The minimum absolute atomic E-state index is 0.00821. The highest BCUT2D eigenvalue weighted by molar-refractivity contribution is 5.75. The topological polar surface area (TPSA) is 41.6 Å². The number of nitrogens with one attached hydrogen (secondary N) is 1. The van der Waals surface area contributed by atoms with Crippen molar-refractivity contribution in [2.75, 3.05) is 6.54 Å². The number of hydrogen-bond donors (Lipinski definition) is 1. The number of allylic oxidation sites excluding steroid dienone is 2. The van der Waals surface area contributed by atoms with Crippen molar-refractivity contribution >= 4 is 5.91 Å². The van der Waals surface area contributed by atoms with Gasteiger partial charge in [-0.3, -0.25) is 4.79 Å². The van der Waals surface area contributed by atoms with E-state index in [1.807, 2.05) is 13.8 Å². The highest BCUT2D eigenvalue weighted by Gasteiger charge is 2.60. The van der Waals surface area contributed by atoms with E-state index in [4.69, 9.17) is 4.74 Å². The summed E-state index contributed by atoms with van der Waals surface area (Å²) >= 11 is 0. The molecule has 1 aliphatic heterocycles. The Hall–Kier alpha value is -2.08. The zero-order valence-corrected chi connectivity index (χ0v) is 18.0. The minimum atomic E-state index is -4.30. The summed E-state index contributed by atoms with van der Waals surface area (Å²) in [5.74, 6) is 0.0204. The quantitative estimate of drug-likeness (QED) is 0.437. The third-order valence-corrected chi connectivity index (χ3v) is 6.11. The van der Waals surface area contributed by atoms with Gasteiger partial charge in [-0.05, 0) is 30.9 Å². The van der Waals surface area contributed by atoms with Crippen molar-refractivity contribution in [1.29, 1.82) is 0 Å². The number of halogens is 3. The number of carbonyl (C=O) groups excluding carboxylic acids is 1. The van der Waals surface area contributed by atoms with Gasteiger partial charge in [0.2, 0.25) is 5.91 Å². The summed E-state index contributed by atoms with van der Waals surface area (Å²) in [6.07, 6.45) is -0.199. The average Bonchev–Trinajstić information content (AvgIpc) is 3.55. The van der Waals surface area contributed by atoms with Crippen LogP contribution in [-0.4, -0.2) is 30.3 Å². The van der Waals surface area contributed by atoms with Gasteiger partial charge in [-0.1, -0.05) is 69.3 Å². The lowest BCUT2D eigenvalue weighted by atomic mass is 9.80. The summed E-state index contributed by atoms with van der Waals surface area (Å²) in [4.78, 5) is 11.6.